The number of nitrogen functional groups attached to an aromatic ring is 1. The predicted octanol–water partition coefficient (Wildman–Crippen LogP) is 2.39. The van der Waals surface area contributed by atoms with Gasteiger partial charge in [-0.3, -0.25) is 0 Å². The number of hydrogen-bond donors (Lipinski definition) is 1. The first-order valence-electron chi connectivity index (χ1n) is 5.79. The maximum atomic E-state index is 13.2. The standard InChI is InChI=1S/C14H10F2N2O2S/c15-11-4-12(18)6-13(5-11)21(19,20)8-9-1-2-14(16)10(3-9)7-17/h1-6H,8,18H2. The van der Waals surface area contributed by atoms with Crippen LogP contribution in [-0.2, 0) is 15.6 Å². The number of nitrogens with two attached hydrogens (primary N) is 1. The van der Waals surface area contributed by atoms with E-state index < -0.39 is 27.2 Å². The van der Waals surface area contributed by atoms with Crippen molar-refractivity contribution in [3.63, 3.8) is 0 Å². The molecule has 0 aromatic heterocycles. The average molecular weight is 308 g/mol. The van der Waals surface area contributed by atoms with Crippen molar-refractivity contribution in [3.05, 3.63) is 59.2 Å². The largest absolute Gasteiger partial charge is 0.399 e. The van der Waals surface area contributed by atoms with Gasteiger partial charge in [-0.25, -0.2) is 17.2 Å². The summed E-state index contributed by atoms with van der Waals surface area (Å²) in [6, 6.07) is 8.07. The van der Waals surface area contributed by atoms with E-state index in [0.717, 1.165) is 30.3 Å². The maximum Gasteiger partial charge on any atom is 0.182 e. The van der Waals surface area contributed by atoms with Crippen LogP contribution in [0.5, 0.6) is 0 Å². The van der Waals surface area contributed by atoms with Gasteiger partial charge in [0.05, 0.1) is 16.2 Å². The molecule has 0 fully saturated rings. The molecule has 0 atom stereocenters. The van der Waals surface area contributed by atoms with Gasteiger partial charge in [0.2, 0.25) is 0 Å². The quantitative estimate of drug-likeness (QED) is 0.882. The van der Waals surface area contributed by atoms with Crippen molar-refractivity contribution in [1.82, 2.24) is 0 Å². The summed E-state index contributed by atoms with van der Waals surface area (Å²) in [5, 5.41) is 8.73. The smallest absolute Gasteiger partial charge is 0.182 e. The summed E-state index contributed by atoms with van der Waals surface area (Å²) < 4.78 is 50.8. The Kier molecular flexibility index (Phi) is 3.91. The molecule has 108 valence electrons. The van der Waals surface area contributed by atoms with Crippen LogP contribution in [0, 0.1) is 23.0 Å². The van der Waals surface area contributed by atoms with Gasteiger partial charge in [0, 0.05) is 5.69 Å². The number of nitrogens with zero attached hydrogens (tertiary/aromatic N) is 1. The lowest BCUT2D eigenvalue weighted by Gasteiger charge is -2.07. The Morgan fingerprint density at radius 2 is 1.86 bits per heavy atom. The summed E-state index contributed by atoms with van der Waals surface area (Å²) in [7, 11) is -3.85. The summed E-state index contributed by atoms with van der Waals surface area (Å²) in [4.78, 5) is -0.261. The van der Waals surface area contributed by atoms with Crippen LogP contribution in [0.1, 0.15) is 11.1 Å². The Balaban J connectivity index is 2.40. The zero-order chi connectivity index (χ0) is 15.6. The highest BCUT2D eigenvalue weighted by molar-refractivity contribution is 7.90. The minimum absolute atomic E-state index is 0.00889. The van der Waals surface area contributed by atoms with Crippen LogP contribution in [0.4, 0.5) is 14.5 Å². The predicted molar refractivity (Wildman–Crippen MR) is 72.8 cm³/mol. The van der Waals surface area contributed by atoms with Gasteiger partial charge >= 0.3 is 0 Å². The first-order valence-corrected chi connectivity index (χ1v) is 7.44. The second-order valence-electron chi connectivity index (χ2n) is 4.41. The van der Waals surface area contributed by atoms with Crippen LogP contribution < -0.4 is 5.73 Å². The van der Waals surface area contributed by atoms with E-state index in [2.05, 4.69) is 0 Å². The van der Waals surface area contributed by atoms with Crippen molar-refractivity contribution < 1.29 is 17.2 Å². The van der Waals surface area contributed by atoms with Crippen molar-refractivity contribution in [2.24, 2.45) is 0 Å². The molecule has 0 unspecified atom stereocenters. The highest BCUT2D eigenvalue weighted by Crippen LogP contribution is 2.21. The maximum absolute atomic E-state index is 13.2. The number of rotatable bonds is 3. The SMILES string of the molecule is N#Cc1cc(CS(=O)(=O)c2cc(N)cc(F)c2)ccc1F. The lowest BCUT2D eigenvalue weighted by molar-refractivity contribution is 0.590. The van der Waals surface area contributed by atoms with Crippen LogP contribution in [0.2, 0.25) is 0 Å². The molecular weight excluding hydrogens is 298 g/mol. The molecule has 0 saturated heterocycles. The summed E-state index contributed by atoms with van der Waals surface area (Å²) in [6.45, 7) is 0. The van der Waals surface area contributed by atoms with Gasteiger partial charge in [-0.15, -0.1) is 0 Å². The number of halogens is 2. The molecule has 0 aliphatic heterocycles. The zero-order valence-corrected chi connectivity index (χ0v) is 11.5. The fourth-order valence-corrected chi connectivity index (χ4v) is 3.21. The summed E-state index contributed by atoms with van der Waals surface area (Å²) in [5.41, 5.74) is 5.39. The molecule has 21 heavy (non-hydrogen) atoms. The third-order valence-electron chi connectivity index (χ3n) is 2.76. The summed E-state index contributed by atoms with van der Waals surface area (Å²) >= 11 is 0. The first kappa shape index (κ1) is 14.9. The second-order valence-corrected chi connectivity index (χ2v) is 6.39. The van der Waals surface area contributed by atoms with E-state index in [9.17, 15) is 17.2 Å². The number of sulfone groups is 1. The molecule has 2 aromatic rings. The molecule has 0 amide bonds. The molecule has 4 nitrogen and oxygen atoms in total. The summed E-state index contributed by atoms with van der Waals surface area (Å²) in [5.74, 6) is -1.97. The van der Waals surface area contributed by atoms with E-state index in [1.54, 1.807) is 6.07 Å². The van der Waals surface area contributed by atoms with Gasteiger partial charge in [0.15, 0.2) is 9.84 Å². The van der Waals surface area contributed by atoms with Crippen molar-refractivity contribution in [2.45, 2.75) is 10.6 Å². The highest BCUT2D eigenvalue weighted by Gasteiger charge is 2.18. The van der Waals surface area contributed by atoms with E-state index in [-0.39, 0.29) is 21.7 Å². The minimum atomic E-state index is -3.85. The van der Waals surface area contributed by atoms with Crippen LogP contribution >= 0.6 is 0 Å². The Hall–Kier alpha value is -2.46. The fraction of sp³-hybridized carbons (Fsp3) is 0.0714. The Labute approximate surface area is 120 Å². The van der Waals surface area contributed by atoms with Crippen LogP contribution in [0.25, 0.3) is 0 Å². The van der Waals surface area contributed by atoms with E-state index in [0.29, 0.717) is 0 Å². The minimum Gasteiger partial charge on any atom is -0.399 e. The lowest BCUT2D eigenvalue weighted by Crippen LogP contribution is -2.07. The van der Waals surface area contributed by atoms with E-state index in [1.165, 1.54) is 6.07 Å². The Morgan fingerprint density at radius 1 is 1.14 bits per heavy atom. The van der Waals surface area contributed by atoms with E-state index >= 15 is 0 Å². The van der Waals surface area contributed by atoms with Crippen LogP contribution in [-0.4, -0.2) is 8.42 Å². The van der Waals surface area contributed by atoms with Gasteiger partial charge in [-0.2, -0.15) is 5.26 Å². The molecule has 0 spiro atoms. The average Bonchev–Trinajstić information content (AvgIpc) is 2.39. The Bertz CT molecular complexity index is 822. The van der Waals surface area contributed by atoms with Gasteiger partial charge in [-0.1, -0.05) is 6.07 Å². The lowest BCUT2D eigenvalue weighted by atomic mass is 10.1. The Morgan fingerprint density at radius 3 is 2.48 bits per heavy atom. The van der Waals surface area contributed by atoms with Crippen LogP contribution in [0.15, 0.2) is 41.3 Å². The van der Waals surface area contributed by atoms with Gasteiger partial charge in [0.25, 0.3) is 0 Å². The molecule has 0 saturated carbocycles. The first-order chi connectivity index (χ1) is 9.81. The third-order valence-corrected chi connectivity index (χ3v) is 4.43. The van der Waals surface area contributed by atoms with E-state index in [4.69, 9.17) is 11.0 Å². The van der Waals surface area contributed by atoms with E-state index in [1.807, 2.05) is 0 Å². The molecule has 7 heteroatoms. The van der Waals surface area contributed by atoms with Crippen molar-refractivity contribution in [3.8, 4) is 6.07 Å². The van der Waals surface area contributed by atoms with Crippen LogP contribution in [0.3, 0.4) is 0 Å². The number of nitriles is 1. The fourth-order valence-electron chi connectivity index (χ4n) is 1.81. The number of hydrogen-bond acceptors (Lipinski definition) is 4. The molecule has 0 heterocycles. The molecule has 2 aromatic carbocycles. The molecule has 0 aliphatic carbocycles. The normalized spacial score (nSPS) is 11.1. The van der Waals surface area contributed by atoms with Crippen molar-refractivity contribution in [2.75, 3.05) is 5.73 Å². The third kappa shape index (κ3) is 3.35. The van der Waals surface area contributed by atoms with Gasteiger partial charge in [-0.05, 0) is 35.9 Å². The molecule has 0 bridgehead atoms. The topological polar surface area (TPSA) is 84.0 Å². The molecule has 0 aliphatic rings. The summed E-state index contributed by atoms with van der Waals surface area (Å²) in [6.07, 6.45) is 0. The number of benzene rings is 2. The van der Waals surface area contributed by atoms with Gasteiger partial charge in [0.1, 0.15) is 17.7 Å². The molecule has 2 rings (SSSR count). The second kappa shape index (κ2) is 5.50. The van der Waals surface area contributed by atoms with Gasteiger partial charge < -0.3 is 5.73 Å². The molecular formula is C14H10F2N2O2S. The zero-order valence-electron chi connectivity index (χ0n) is 10.7. The van der Waals surface area contributed by atoms with Crippen molar-refractivity contribution >= 4 is 15.5 Å². The highest BCUT2D eigenvalue weighted by atomic mass is 32.2. The molecule has 2 N–H and O–H groups in total. The monoisotopic (exact) mass is 308 g/mol. The molecule has 0 radical (unpaired) electrons. The number of anilines is 1. The van der Waals surface area contributed by atoms with Crippen molar-refractivity contribution in [1.29, 1.82) is 5.26 Å².